The summed E-state index contributed by atoms with van der Waals surface area (Å²) in [7, 11) is 3.97. The van der Waals surface area contributed by atoms with Crippen molar-refractivity contribution in [3.8, 4) is 5.75 Å². The Kier molecular flexibility index (Phi) is 11.4. The molecule has 1 aromatic heterocycles. The molecule has 7 heteroatoms. The zero-order chi connectivity index (χ0) is 20.4. The number of benzene rings is 1. The van der Waals surface area contributed by atoms with Crippen LogP contribution in [0.4, 0.5) is 5.82 Å². The molecule has 0 aliphatic heterocycles. The van der Waals surface area contributed by atoms with Gasteiger partial charge in [-0.25, -0.2) is 9.98 Å². The fourth-order valence-corrected chi connectivity index (χ4v) is 2.65. The highest BCUT2D eigenvalue weighted by Crippen LogP contribution is 2.20. The van der Waals surface area contributed by atoms with Crippen LogP contribution in [0, 0.1) is 6.92 Å². The van der Waals surface area contributed by atoms with Crippen molar-refractivity contribution in [3.63, 3.8) is 0 Å². The lowest BCUT2D eigenvalue weighted by Crippen LogP contribution is -2.36. The molecule has 29 heavy (non-hydrogen) atoms. The second-order valence-electron chi connectivity index (χ2n) is 6.93. The van der Waals surface area contributed by atoms with Crippen molar-refractivity contribution in [1.29, 1.82) is 0 Å². The van der Waals surface area contributed by atoms with Gasteiger partial charge in [0.25, 0.3) is 0 Å². The van der Waals surface area contributed by atoms with E-state index in [-0.39, 0.29) is 24.0 Å². The molecule has 0 unspecified atom stereocenters. The zero-order valence-corrected chi connectivity index (χ0v) is 20.5. The summed E-state index contributed by atoms with van der Waals surface area (Å²) in [5.74, 6) is 2.66. The summed E-state index contributed by atoms with van der Waals surface area (Å²) in [4.78, 5) is 11.1. The van der Waals surface area contributed by atoms with Gasteiger partial charge in [-0.1, -0.05) is 19.1 Å². The predicted molar refractivity (Wildman–Crippen MR) is 133 cm³/mol. The normalized spacial score (nSPS) is 10.9. The number of pyridine rings is 1. The summed E-state index contributed by atoms with van der Waals surface area (Å²) >= 11 is 0. The minimum absolute atomic E-state index is 0. The third-order valence-electron chi connectivity index (χ3n) is 4.16. The number of anilines is 1. The first-order chi connectivity index (χ1) is 13.5. The molecule has 0 spiro atoms. The first-order valence-corrected chi connectivity index (χ1v) is 9.90. The number of halogens is 1. The molecule has 0 bridgehead atoms. The summed E-state index contributed by atoms with van der Waals surface area (Å²) in [6, 6.07) is 10.4. The van der Waals surface area contributed by atoms with Crippen LogP contribution in [0.5, 0.6) is 5.75 Å². The van der Waals surface area contributed by atoms with Crippen molar-refractivity contribution in [2.75, 3.05) is 32.1 Å². The van der Waals surface area contributed by atoms with Gasteiger partial charge in [-0.3, -0.25) is 0 Å². The average Bonchev–Trinajstić information content (AvgIpc) is 2.69. The van der Waals surface area contributed by atoms with Crippen LogP contribution in [-0.2, 0) is 13.1 Å². The van der Waals surface area contributed by atoms with Gasteiger partial charge in [-0.15, -0.1) is 24.0 Å². The van der Waals surface area contributed by atoms with Crippen LogP contribution in [0.1, 0.15) is 37.0 Å². The lowest BCUT2D eigenvalue weighted by atomic mass is 10.1. The highest BCUT2D eigenvalue weighted by Gasteiger charge is 2.06. The monoisotopic (exact) mass is 511 g/mol. The van der Waals surface area contributed by atoms with E-state index in [4.69, 9.17) is 9.73 Å². The van der Waals surface area contributed by atoms with E-state index >= 15 is 0 Å². The minimum atomic E-state index is 0. The molecule has 160 valence electrons. The van der Waals surface area contributed by atoms with Crippen LogP contribution in [0.25, 0.3) is 0 Å². The summed E-state index contributed by atoms with van der Waals surface area (Å²) in [6.45, 7) is 9.04. The molecule has 0 aliphatic carbocycles. The molecule has 1 aromatic carbocycles. The van der Waals surface area contributed by atoms with Crippen molar-refractivity contribution < 1.29 is 4.74 Å². The van der Waals surface area contributed by atoms with Crippen molar-refractivity contribution in [3.05, 3.63) is 53.2 Å². The van der Waals surface area contributed by atoms with Gasteiger partial charge in [0.15, 0.2) is 5.96 Å². The van der Waals surface area contributed by atoms with Crippen LogP contribution < -0.4 is 20.3 Å². The number of rotatable bonds is 9. The summed E-state index contributed by atoms with van der Waals surface area (Å²) in [5, 5.41) is 6.72. The van der Waals surface area contributed by atoms with Gasteiger partial charge in [0.2, 0.25) is 0 Å². The van der Waals surface area contributed by atoms with Crippen molar-refractivity contribution in [2.24, 2.45) is 4.99 Å². The number of ether oxygens (including phenoxy) is 1. The van der Waals surface area contributed by atoms with Crippen molar-refractivity contribution in [2.45, 2.75) is 40.3 Å². The Morgan fingerprint density at radius 2 is 1.93 bits per heavy atom. The maximum absolute atomic E-state index is 5.91. The lowest BCUT2D eigenvalue weighted by Gasteiger charge is -2.15. The maximum Gasteiger partial charge on any atom is 0.191 e. The first kappa shape index (κ1) is 25.0. The molecule has 0 atom stereocenters. The first-order valence-electron chi connectivity index (χ1n) is 9.90. The van der Waals surface area contributed by atoms with Gasteiger partial charge < -0.3 is 20.3 Å². The number of aliphatic imine (C=N–C) groups is 1. The van der Waals surface area contributed by atoms with Crippen LogP contribution >= 0.6 is 24.0 Å². The quantitative estimate of drug-likeness (QED) is 0.302. The van der Waals surface area contributed by atoms with E-state index in [1.807, 2.05) is 31.3 Å². The van der Waals surface area contributed by atoms with E-state index in [1.54, 1.807) is 0 Å². The molecule has 2 aromatic rings. The van der Waals surface area contributed by atoms with Gasteiger partial charge in [0.05, 0.1) is 13.2 Å². The Bertz CT molecular complexity index is 780. The number of aryl methyl sites for hydroxylation is 1. The molecule has 0 fully saturated rings. The second kappa shape index (κ2) is 13.2. The van der Waals surface area contributed by atoms with Gasteiger partial charge in [-0.2, -0.15) is 0 Å². The molecule has 0 amide bonds. The molecule has 2 N–H and O–H groups in total. The fourth-order valence-electron chi connectivity index (χ4n) is 2.65. The van der Waals surface area contributed by atoms with Crippen LogP contribution in [0.3, 0.4) is 0 Å². The Morgan fingerprint density at radius 1 is 1.14 bits per heavy atom. The van der Waals surface area contributed by atoms with Crippen LogP contribution in [-0.4, -0.2) is 38.2 Å². The topological polar surface area (TPSA) is 61.8 Å². The smallest absolute Gasteiger partial charge is 0.191 e. The maximum atomic E-state index is 5.91. The molecule has 1 heterocycles. The number of aromatic nitrogens is 1. The standard InChI is InChI=1S/C22H33N5O.HI/c1-6-12-28-20-13-17(3)8-9-19(20)16-26-22(23-7-2)25-15-18-10-11-24-21(14-18)27(4)5;/h8-11,13-14H,6-7,12,15-16H2,1-5H3,(H2,23,25,26);1H. The van der Waals surface area contributed by atoms with Crippen molar-refractivity contribution >= 4 is 35.8 Å². The largest absolute Gasteiger partial charge is 0.493 e. The number of nitrogens with one attached hydrogen (secondary N) is 2. The Hall–Kier alpha value is -2.03. The number of hydrogen-bond acceptors (Lipinski definition) is 4. The summed E-state index contributed by atoms with van der Waals surface area (Å²) in [6.07, 6.45) is 2.82. The van der Waals surface area contributed by atoms with E-state index < -0.39 is 0 Å². The summed E-state index contributed by atoms with van der Waals surface area (Å²) in [5.41, 5.74) is 3.45. The van der Waals surface area contributed by atoms with Gasteiger partial charge in [0, 0.05) is 38.9 Å². The van der Waals surface area contributed by atoms with Crippen molar-refractivity contribution in [1.82, 2.24) is 15.6 Å². The highest BCUT2D eigenvalue weighted by atomic mass is 127. The average molecular weight is 511 g/mol. The number of hydrogen-bond donors (Lipinski definition) is 2. The van der Waals surface area contributed by atoms with E-state index in [2.05, 4.69) is 60.7 Å². The minimum Gasteiger partial charge on any atom is -0.493 e. The van der Waals surface area contributed by atoms with E-state index in [9.17, 15) is 0 Å². The molecular formula is C22H34IN5O. The molecule has 0 aliphatic rings. The summed E-state index contributed by atoms with van der Waals surface area (Å²) < 4.78 is 5.91. The van der Waals surface area contributed by atoms with E-state index in [0.29, 0.717) is 13.1 Å². The third kappa shape index (κ3) is 8.47. The van der Waals surface area contributed by atoms with Crippen LogP contribution in [0.15, 0.2) is 41.5 Å². The van der Waals surface area contributed by atoms with Crippen LogP contribution in [0.2, 0.25) is 0 Å². The molecular weight excluding hydrogens is 477 g/mol. The molecule has 2 rings (SSSR count). The molecule has 0 radical (unpaired) electrons. The SMILES string of the molecule is CCCOc1cc(C)ccc1CNC(=NCc1ccnc(N(C)C)c1)NCC.I. The van der Waals surface area contributed by atoms with E-state index in [0.717, 1.165) is 48.2 Å². The molecule has 6 nitrogen and oxygen atoms in total. The molecule has 0 saturated heterocycles. The number of guanidine groups is 1. The lowest BCUT2D eigenvalue weighted by molar-refractivity contribution is 0.313. The van der Waals surface area contributed by atoms with E-state index in [1.165, 1.54) is 5.56 Å². The Morgan fingerprint density at radius 3 is 2.62 bits per heavy atom. The second-order valence-corrected chi connectivity index (χ2v) is 6.93. The van der Waals surface area contributed by atoms with Gasteiger partial charge >= 0.3 is 0 Å². The molecule has 0 saturated carbocycles. The fraction of sp³-hybridized carbons (Fsp3) is 0.455. The number of nitrogens with zero attached hydrogens (tertiary/aromatic N) is 3. The Balaban J connectivity index is 0.00000420. The predicted octanol–water partition coefficient (Wildman–Crippen LogP) is 4.12. The third-order valence-corrected chi connectivity index (χ3v) is 4.16. The van der Waals surface area contributed by atoms with Gasteiger partial charge in [-0.05, 0) is 49.6 Å². The highest BCUT2D eigenvalue weighted by molar-refractivity contribution is 14.0. The van der Waals surface area contributed by atoms with Gasteiger partial charge in [0.1, 0.15) is 11.6 Å². The zero-order valence-electron chi connectivity index (χ0n) is 18.2. The Labute approximate surface area is 192 Å².